The van der Waals surface area contributed by atoms with Crippen molar-refractivity contribution in [3.05, 3.63) is 0 Å². The van der Waals surface area contributed by atoms with E-state index in [1.807, 2.05) is 9.80 Å². The maximum atomic E-state index is 12.5. The van der Waals surface area contributed by atoms with E-state index in [1.165, 1.54) is 4.90 Å². The number of likely N-dealkylation sites (N-methyl/N-ethyl adjacent to an activating group) is 3. The molecule has 0 spiro atoms. The summed E-state index contributed by atoms with van der Waals surface area (Å²) in [5.41, 5.74) is 0. The predicted molar refractivity (Wildman–Crippen MR) is 125 cm³/mol. The van der Waals surface area contributed by atoms with Crippen molar-refractivity contribution >= 4 is 23.8 Å². The summed E-state index contributed by atoms with van der Waals surface area (Å²) in [7, 11) is 3.12. The van der Waals surface area contributed by atoms with Crippen LogP contribution in [0.4, 0.5) is 0 Å². The quantitative estimate of drug-likeness (QED) is 0.243. The Bertz CT molecular complexity index is 668. The van der Waals surface area contributed by atoms with Crippen LogP contribution in [0.5, 0.6) is 0 Å². The largest absolute Gasteiger partial charge is 3.00 e. The maximum Gasteiger partial charge on any atom is 3.00 e. The SMILES string of the molecule is CCN1CCN(CC)CCN(CC(=O)NCC(=O)OCC(=O)N(C)C)CCN(CC(=O)[O-])CC1.[Gd+3]. The number of nitrogens with zero attached hydrogens (tertiary/aromatic N) is 5. The van der Waals surface area contributed by atoms with Crippen LogP contribution in [0.15, 0.2) is 0 Å². The molecule has 0 saturated carbocycles. The van der Waals surface area contributed by atoms with Crippen LogP contribution in [0.2, 0.25) is 0 Å². The van der Waals surface area contributed by atoms with Crippen LogP contribution in [0.3, 0.4) is 0 Å². The van der Waals surface area contributed by atoms with Gasteiger partial charge >= 0.3 is 45.9 Å². The van der Waals surface area contributed by atoms with Crippen LogP contribution in [0.1, 0.15) is 13.8 Å². The summed E-state index contributed by atoms with van der Waals surface area (Å²) in [4.78, 5) is 56.7. The van der Waals surface area contributed by atoms with Gasteiger partial charge in [0.05, 0.1) is 12.5 Å². The molecule has 1 N–H and O–H groups in total. The Hall–Kier alpha value is -0.955. The zero-order valence-corrected chi connectivity index (χ0v) is 23.7. The third-order valence-electron chi connectivity index (χ3n) is 5.83. The van der Waals surface area contributed by atoms with E-state index in [-0.39, 0.29) is 78.0 Å². The Morgan fingerprint density at radius 2 is 1.23 bits per heavy atom. The van der Waals surface area contributed by atoms with Gasteiger partial charge < -0.3 is 34.7 Å². The maximum absolute atomic E-state index is 12.5. The number of hydrogen-bond acceptors (Lipinski definition) is 10. The topological polar surface area (TPSA) is 129 Å². The summed E-state index contributed by atoms with van der Waals surface area (Å²) < 4.78 is 4.86. The molecular formula is C22H41GdN6O6+2. The van der Waals surface area contributed by atoms with Crippen LogP contribution < -0.4 is 10.4 Å². The molecule has 1 aliphatic heterocycles. The average Bonchev–Trinajstić information content (AvgIpc) is 2.79. The van der Waals surface area contributed by atoms with E-state index in [0.717, 1.165) is 39.3 Å². The van der Waals surface area contributed by atoms with E-state index in [2.05, 4.69) is 29.0 Å². The van der Waals surface area contributed by atoms with E-state index >= 15 is 0 Å². The third-order valence-corrected chi connectivity index (χ3v) is 5.83. The minimum Gasteiger partial charge on any atom is -0.549 e. The summed E-state index contributed by atoms with van der Waals surface area (Å²) >= 11 is 0. The minimum atomic E-state index is -1.12. The van der Waals surface area contributed by atoms with Gasteiger partial charge in [-0.15, -0.1) is 0 Å². The van der Waals surface area contributed by atoms with Crippen LogP contribution in [0, 0.1) is 39.9 Å². The number of carbonyl (C=O) groups excluding carboxylic acids is 4. The van der Waals surface area contributed by atoms with E-state index in [1.54, 1.807) is 14.1 Å². The van der Waals surface area contributed by atoms with Crippen molar-refractivity contribution in [3.8, 4) is 0 Å². The molecule has 0 atom stereocenters. The van der Waals surface area contributed by atoms with Crippen molar-refractivity contribution in [2.75, 3.05) is 106 Å². The molecule has 0 aromatic carbocycles. The molecule has 1 rings (SSSR count). The number of hydrogen-bond donors (Lipinski definition) is 1. The van der Waals surface area contributed by atoms with Crippen molar-refractivity contribution in [1.29, 1.82) is 0 Å². The first-order valence-corrected chi connectivity index (χ1v) is 11.9. The van der Waals surface area contributed by atoms with Gasteiger partial charge in [0.25, 0.3) is 5.91 Å². The molecule has 0 aromatic rings. The molecule has 13 heteroatoms. The smallest absolute Gasteiger partial charge is 0.549 e. The van der Waals surface area contributed by atoms with Crippen LogP contribution in [0.25, 0.3) is 0 Å². The Kier molecular flexibility index (Phi) is 18.7. The predicted octanol–water partition coefficient (Wildman–Crippen LogP) is -3.25. The second-order valence-electron chi connectivity index (χ2n) is 8.52. The Balaban J connectivity index is 0.0000116. The number of aliphatic carboxylic acids is 1. The molecule has 0 aliphatic carbocycles. The van der Waals surface area contributed by atoms with E-state index < -0.39 is 11.9 Å². The molecule has 0 bridgehead atoms. The fraction of sp³-hybridized carbons (Fsp3) is 0.818. The number of esters is 1. The molecule has 1 saturated heterocycles. The van der Waals surface area contributed by atoms with E-state index in [0.29, 0.717) is 26.2 Å². The van der Waals surface area contributed by atoms with Gasteiger partial charge in [-0.2, -0.15) is 0 Å². The normalized spacial score (nSPS) is 17.4. The molecule has 1 radical (unpaired) electrons. The zero-order chi connectivity index (χ0) is 25.5. The van der Waals surface area contributed by atoms with Crippen molar-refractivity contribution in [3.63, 3.8) is 0 Å². The number of nitrogens with one attached hydrogen (secondary N) is 1. The molecule has 1 aliphatic rings. The molecule has 0 aromatic heterocycles. The number of amides is 2. The summed E-state index contributed by atoms with van der Waals surface area (Å²) in [6.07, 6.45) is 0. The van der Waals surface area contributed by atoms with Crippen LogP contribution in [-0.4, -0.2) is 154 Å². The summed E-state index contributed by atoms with van der Waals surface area (Å²) in [6, 6.07) is 0. The molecule has 1 fully saturated rings. The van der Waals surface area contributed by atoms with Gasteiger partial charge in [0.15, 0.2) is 6.61 Å². The Morgan fingerprint density at radius 1 is 0.800 bits per heavy atom. The first-order valence-electron chi connectivity index (χ1n) is 11.9. The van der Waals surface area contributed by atoms with Gasteiger partial charge in [0.2, 0.25) is 5.91 Å². The van der Waals surface area contributed by atoms with Gasteiger partial charge in [0, 0.05) is 73.0 Å². The Morgan fingerprint density at radius 3 is 1.63 bits per heavy atom. The second kappa shape index (κ2) is 19.2. The van der Waals surface area contributed by atoms with Gasteiger partial charge in [-0.3, -0.25) is 24.2 Å². The first-order chi connectivity index (χ1) is 16.1. The van der Waals surface area contributed by atoms with E-state index in [4.69, 9.17) is 4.74 Å². The standard InChI is InChI=1S/C22H42N6O6.Gd/c1-5-25-7-8-26(6-2)10-12-28(17-21(31)32)14-13-27(11-9-25)16-19(29)23-15-22(33)34-18-20(30)24(3)4;/h5-18H2,1-4H3,(H,23,29)(H,31,32);/q;+3/p-1. The third kappa shape index (κ3) is 15.7. The van der Waals surface area contributed by atoms with Gasteiger partial charge in [-0.25, -0.2) is 0 Å². The van der Waals surface area contributed by atoms with Crippen molar-refractivity contribution in [2.45, 2.75) is 13.8 Å². The van der Waals surface area contributed by atoms with Crippen molar-refractivity contribution in [2.24, 2.45) is 0 Å². The second-order valence-corrected chi connectivity index (χ2v) is 8.52. The van der Waals surface area contributed by atoms with Gasteiger partial charge in [0.1, 0.15) is 6.54 Å². The number of carboxylic acid groups (broad SMARTS) is 1. The fourth-order valence-electron chi connectivity index (χ4n) is 3.46. The molecule has 0 unspecified atom stereocenters. The van der Waals surface area contributed by atoms with Crippen LogP contribution >= 0.6 is 0 Å². The monoisotopic (exact) mass is 643 g/mol. The molecule has 201 valence electrons. The number of carbonyl (C=O) groups is 4. The van der Waals surface area contributed by atoms with Gasteiger partial charge in [-0.05, 0) is 13.1 Å². The average molecular weight is 643 g/mol. The summed E-state index contributed by atoms with van der Waals surface area (Å²) in [5.74, 6) is -2.49. The van der Waals surface area contributed by atoms with Gasteiger partial charge in [-0.1, -0.05) is 13.8 Å². The Labute approximate surface area is 240 Å². The fourth-order valence-corrected chi connectivity index (χ4v) is 3.46. The molecule has 12 nitrogen and oxygen atoms in total. The number of ether oxygens (including phenoxy) is 1. The zero-order valence-electron chi connectivity index (χ0n) is 21.4. The molecular weight excluding hydrogens is 602 g/mol. The first kappa shape index (κ1) is 34.0. The van der Waals surface area contributed by atoms with E-state index in [9.17, 15) is 24.3 Å². The number of carboxylic acids is 1. The van der Waals surface area contributed by atoms with Crippen molar-refractivity contribution in [1.82, 2.24) is 29.8 Å². The van der Waals surface area contributed by atoms with Crippen LogP contribution in [-0.2, 0) is 23.9 Å². The summed E-state index contributed by atoms with van der Waals surface area (Å²) in [6.45, 7) is 10.8. The molecule has 2 amide bonds. The summed E-state index contributed by atoms with van der Waals surface area (Å²) in [5, 5.41) is 13.7. The molecule has 1 heterocycles. The number of rotatable bonds is 10. The van der Waals surface area contributed by atoms with Crippen molar-refractivity contribution < 1.29 is 69.0 Å². The minimum absolute atomic E-state index is 0. The molecule has 35 heavy (non-hydrogen) atoms.